The normalized spacial score (nSPS) is 13.8. The molecule has 1 rings (SSSR count). The Labute approximate surface area is 109 Å². The second kappa shape index (κ2) is 4.34. The number of rotatable bonds is 3. The van der Waals surface area contributed by atoms with Crippen LogP contribution in [-0.4, -0.2) is 15.3 Å². The van der Waals surface area contributed by atoms with E-state index >= 15 is 0 Å². The third-order valence-electron chi connectivity index (χ3n) is 3.05. The fraction of sp³-hybridized carbons (Fsp3) is 0.600. The predicted octanol–water partition coefficient (Wildman–Crippen LogP) is 2.37. The molecule has 0 radical (unpaired) electrons. The van der Waals surface area contributed by atoms with Crippen LogP contribution in [0.25, 0.3) is 0 Å². The van der Waals surface area contributed by atoms with Crippen LogP contribution < -0.4 is 0 Å². The average molecular weight is 252 g/mol. The van der Waals surface area contributed by atoms with Gasteiger partial charge in [-0.1, -0.05) is 18.2 Å². The Morgan fingerprint density at radius 3 is 0.833 bits per heavy atom. The third kappa shape index (κ3) is 3.55. The predicted molar refractivity (Wildman–Crippen MR) is 72.2 cm³/mol. The summed E-state index contributed by atoms with van der Waals surface area (Å²) in [6.45, 7) is 10.1. The first-order valence-corrected chi connectivity index (χ1v) is 6.15. The van der Waals surface area contributed by atoms with E-state index in [2.05, 4.69) is 0 Å². The lowest BCUT2D eigenvalue weighted by Gasteiger charge is -2.27. The van der Waals surface area contributed by atoms with Crippen molar-refractivity contribution in [2.75, 3.05) is 0 Å². The first-order valence-electron chi connectivity index (χ1n) is 6.15. The Hall–Kier alpha value is -0.900. The minimum absolute atomic E-state index is 0.680. The third-order valence-corrected chi connectivity index (χ3v) is 3.05. The smallest absolute Gasteiger partial charge is 0.0840 e. The molecule has 0 spiro atoms. The molecule has 0 saturated heterocycles. The molecule has 3 nitrogen and oxygen atoms in total. The highest BCUT2D eigenvalue weighted by atomic mass is 16.3. The summed E-state index contributed by atoms with van der Waals surface area (Å²) in [6.07, 6.45) is 0. The van der Waals surface area contributed by atoms with Gasteiger partial charge in [0.15, 0.2) is 0 Å². The lowest BCUT2D eigenvalue weighted by Crippen LogP contribution is -2.24. The molecule has 0 saturated carbocycles. The molecule has 0 aliphatic rings. The van der Waals surface area contributed by atoms with Gasteiger partial charge in [-0.15, -0.1) is 0 Å². The van der Waals surface area contributed by atoms with Gasteiger partial charge in [-0.25, -0.2) is 0 Å². The molecule has 0 unspecified atom stereocenters. The quantitative estimate of drug-likeness (QED) is 0.774. The summed E-state index contributed by atoms with van der Waals surface area (Å²) < 4.78 is 0. The fourth-order valence-corrected chi connectivity index (χ4v) is 1.69. The maximum absolute atomic E-state index is 10.1. The summed E-state index contributed by atoms with van der Waals surface area (Å²) in [7, 11) is 0. The van der Waals surface area contributed by atoms with E-state index in [-0.39, 0.29) is 0 Å². The molecule has 3 heteroatoms. The minimum atomic E-state index is -1.01. The molecular formula is C15H24O3. The molecule has 0 aromatic heterocycles. The molecule has 1 aromatic rings. The van der Waals surface area contributed by atoms with Crippen LogP contribution in [0.4, 0.5) is 0 Å². The highest BCUT2D eigenvalue weighted by Gasteiger charge is 2.26. The van der Waals surface area contributed by atoms with E-state index in [1.807, 2.05) is 0 Å². The monoisotopic (exact) mass is 252 g/mol. The van der Waals surface area contributed by atoms with Crippen molar-refractivity contribution < 1.29 is 15.3 Å². The molecule has 0 bridgehead atoms. The zero-order valence-corrected chi connectivity index (χ0v) is 12.1. The van der Waals surface area contributed by atoms with E-state index < -0.39 is 16.8 Å². The molecule has 1 aromatic carbocycles. The van der Waals surface area contributed by atoms with Gasteiger partial charge in [0.1, 0.15) is 0 Å². The minimum Gasteiger partial charge on any atom is -0.386 e. The molecule has 102 valence electrons. The van der Waals surface area contributed by atoms with Crippen LogP contribution in [0.2, 0.25) is 0 Å². The van der Waals surface area contributed by atoms with Gasteiger partial charge in [-0.05, 0) is 58.2 Å². The van der Waals surface area contributed by atoms with E-state index in [1.54, 1.807) is 59.7 Å². The van der Waals surface area contributed by atoms with Gasteiger partial charge in [0, 0.05) is 0 Å². The van der Waals surface area contributed by atoms with Crippen molar-refractivity contribution in [2.45, 2.75) is 58.3 Å². The standard InChI is InChI=1S/C15H24O3/c1-13(2,16)10-7-11(14(3,4)17)9-12(8-10)15(5,6)18/h7-9,16-18H,1-6H3. The highest BCUT2D eigenvalue weighted by Crippen LogP contribution is 2.31. The molecule has 18 heavy (non-hydrogen) atoms. The molecule has 0 amide bonds. The van der Waals surface area contributed by atoms with Crippen molar-refractivity contribution >= 4 is 0 Å². The second-order valence-corrected chi connectivity index (χ2v) is 6.48. The van der Waals surface area contributed by atoms with Crippen molar-refractivity contribution in [3.63, 3.8) is 0 Å². The van der Waals surface area contributed by atoms with Crippen LogP contribution in [0.5, 0.6) is 0 Å². The van der Waals surface area contributed by atoms with Crippen molar-refractivity contribution in [3.05, 3.63) is 34.9 Å². The van der Waals surface area contributed by atoms with E-state index in [9.17, 15) is 15.3 Å². The van der Waals surface area contributed by atoms with Crippen LogP contribution in [0, 0.1) is 0 Å². The summed E-state index contributed by atoms with van der Waals surface area (Å²) in [5, 5.41) is 30.3. The largest absolute Gasteiger partial charge is 0.386 e. The van der Waals surface area contributed by atoms with Crippen molar-refractivity contribution in [3.8, 4) is 0 Å². The van der Waals surface area contributed by atoms with Crippen LogP contribution in [0.3, 0.4) is 0 Å². The van der Waals surface area contributed by atoms with Gasteiger partial charge in [0.25, 0.3) is 0 Å². The lowest BCUT2D eigenvalue weighted by molar-refractivity contribution is 0.0651. The molecule has 0 aliphatic heterocycles. The van der Waals surface area contributed by atoms with Gasteiger partial charge in [-0.3, -0.25) is 0 Å². The number of hydrogen-bond acceptors (Lipinski definition) is 3. The zero-order chi connectivity index (χ0) is 14.4. The van der Waals surface area contributed by atoms with E-state index in [0.717, 1.165) is 0 Å². The lowest BCUT2D eigenvalue weighted by atomic mass is 9.85. The Morgan fingerprint density at radius 2 is 0.722 bits per heavy atom. The van der Waals surface area contributed by atoms with Crippen LogP contribution >= 0.6 is 0 Å². The Kier molecular flexibility index (Phi) is 3.65. The van der Waals surface area contributed by atoms with Gasteiger partial charge < -0.3 is 15.3 Å². The molecule has 3 N–H and O–H groups in total. The van der Waals surface area contributed by atoms with Crippen LogP contribution in [0.15, 0.2) is 18.2 Å². The molecular weight excluding hydrogens is 228 g/mol. The highest BCUT2D eigenvalue weighted by molar-refractivity contribution is 5.37. The SMILES string of the molecule is CC(C)(O)c1cc(C(C)(C)O)cc(C(C)(C)O)c1. The van der Waals surface area contributed by atoms with Crippen LogP contribution in [-0.2, 0) is 16.8 Å². The number of aliphatic hydroxyl groups is 3. The van der Waals surface area contributed by atoms with E-state index in [4.69, 9.17) is 0 Å². The van der Waals surface area contributed by atoms with Gasteiger partial charge in [0.2, 0.25) is 0 Å². The number of benzene rings is 1. The summed E-state index contributed by atoms with van der Waals surface area (Å²) in [5.41, 5.74) is -0.998. The van der Waals surface area contributed by atoms with Gasteiger partial charge >= 0.3 is 0 Å². The first kappa shape index (κ1) is 15.2. The Balaban J connectivity index is 3.49. The van der Waals surface area contributed by atoms with E-state index in [0.29, 0.717) is 16.7 Å². The molecule has 0 fully saturated rings. The molecule has 0 aliphatic carbocycles. The number of hydrogen-bond donors (Lipinski definition) is 3. The van der Waals surface area contributed by atoms with Gasteiger partial charge in [-0.2, -0.15) is 0 Å². The molecule has 0 atom stereocenters. The summed E-state index contributed by atoms with van der Waals surface area (Å²) in [6, 6.07) is 5.32. The van der Waals surface area contributed by atoms with Crippen molar-refractivity contribution in [1.82, 2.24) is 0 Å². The summed E-state index contributed by atoms with van der Waals surface area (Å²) in [4.78, 5) is 0. The maximum Gasteiger partial charge on any atom is 0.0840 e. The average Bonchev–Trinajstić information content (AvgIpc) is 2.13. The zero-order valence-electron chi connectivity index (χ0n) is 12.1. The van der Waals surface area contributed by atoms with Crippen molar-refractivity contribution in [2.24, 2.45) is 0 Å². The fourth-order valence-electron chi connectivity index (χ4n) is 1.69. The van der Waals surface area contributed by atoms with Crippen LogP contribution in [0.1, 0.15) is 58.2 Å². The Bertz CT molecular complexity index is 350. The van der Waals surface area contributed by atoms with Gasteiger partial charge in [0.05, 0.1) is 16.8 Å². The summed E-state index contributed by atoms with van der Waals surface area (Å²) >= 11 is 0. The second-order valence-electron chi connectivity index (χ2n) is 6.48. The topological polar surface area (TPSA) is 60.7 Å². The Morgan fingerprint density at radius 1 is 0.556 bits per heavy atom. The molecule has 0 heterocycles. The summed E-state index contributed by atoms with van der Waals surface area (Å²) in [5.74, 6) is 0. The first-order chi connectivity index (χ1) is 7.82. The maximum atomic E-state index is 10.1. The van der Waals surface area contributed by atoms with E-state index in [1.165, 1.54) is 0 Å². The van der Waals surface area contributed by atoms with Crippen molar-refractivity contribution in [1.29, 1.82) is 0 Å².